The van der Waals surface area contributed by atoms with E-state index in [1.165, 1.54) is 11.8 Å². The van der Waals surface area contributed by atoms with Crippen molar-refractivity contribution in [3.63, 3.8) is 0 Å². The Morgan fingerprint density at radius 3 is 2.44 bits per heavy atom. The summed E-state index contributed by atoms with van der Waals surface area (Å²) >= 11 is 7.54. The molecule has 1 aliphatic rings. The molecule has 2 heterocycles. The molecule has 6 nitrogen and oxygen atoms in total. The van der Waals surface area contributed by atoms with Crippen molar-refractivity contribution in [1.29, 1.82) is 0 Å². The second kappa shape index (κ2) is 10.2. The molecule has 1 fully saturated rings. The summed E-state index contributed by atoms with van der Waals surface area (Å²) in [6, 6.07) is 1.80. The molecule has 0 aliphatic carbocycles. The van der Waals surface area contributed by atoms with Crippen molar-refractivity contribution in [1.82, 2.24) is 19.8 Å². The summed E-state index contributed by atoms with van der Waals surface area (Å²) in [6.45, 7) is 9.64. The van der Waals surface area contributed by atoms with Crippen LogP contribution in [0.5, 0.6) is 0 Å². The number of carbonyl (C=O) groups excluding carboxylic acids is 1. The Labute approximate surface area is 159 Å². The number of amides is 1. The third-order valence-corrected chi connectivity index (χ3v) is 5.18. The minimum Gasteiger partial charge on any atom is -0.354 e. The van der Waals surface area contributed by atoms with Crippen molar-refractivity contribution in [3.05, 3.63) is 11.2 Å². The third-order valence-electron chi connectivity index (χ3n) is 4.15. The smallest absolute Gasteiger partial charge is 0.233 e. The van der Waals surface area contributed by atoms with Crippen LogP contribution in [-0.2, 0) is 4.79 Å². The van der Waals surface area contributed by atoms with Crippen LogP contribution in [0.3, 0.4) is 0 Å². The fourth-order valence-electron chi connectivity index (χ4n) is 2.77. The molecule has 8 heteroatoms. The fraction of sp³-hybridized carbons (Fsp3) is 0.706. The van der Waals surface area contributed by atoms with Gasteiger partial charge in [0.1, 0.15) is 11.0 Å². The fourth-order valence-corrected chi connectivity index (χ4v) is 3.75. The molecule has 25 heavy (non-hydrogen) atoms. The van der Waals surface area contributed by atoms with Crippen molar-refractivity contribution in [3.8, 4) is 0 Å². The van der Waals surface area contributed by atoms with Crippen LogP contribution in [0.2, 0.25) is 5.15 Å². The predicted molar refractivity (Wildman–Crippen MR) is 105 cm³/mol. The number of aromatic nitrogens is 2. The average Bonchev–Trinajstić information content (AvgIpc) is 2.59. The number of hydrogen-bond acceptors (Lipinski definition) is 6. The Morgan fingerprint density at radius 1 is 1.20 bits per heavy atom. The first kappa shape index (κ1) is 20.3. The lowest BCUT2D eigenvalue weighted by Crippen LogP contribution is -2.44. The summed E-state index contributed by atoms with van der Waals surface area (Å²) in [5.41, 5.74) is 0. The van der Waals surface area contributed by atoms with Crippen LogP contribution in [0, 0.1) is 0 Å². The summed E-state index contributed by atoms with van der Waals surface area (Å²) in [5, 5.41) is 1.00. The van der Waals surface area contributed by atoms with Gasteiger partial charge in [-0.1, -0.05) is 37.2 Å². The summed E-state index contributed by atoms with van der Waals surface area (Å²) in [6.07, 6.45) is 1.94. The number of rotatable bonds is 8. The molecule has 0 unspecified atom stereocenters. The number of piperazine rings is 1. The Bertz CT molecular complexity index is 560. The third kappa shape index (κ3) is 6.31. The molecule has 1 aromatic heterocycles. The topological polar surface area (TPSA) is 52.6 Å². The first-order valence-electron chi connectivity index (χ1n) is 8.92. The van der Waals surface area contributed by atoms with Crippen molar-refractivity contribution >= 4 is 35.1 Å². The van der Waals surface area contributed by atoms with Crippen LogP contribution < -0.4 is 4.90 Å². The maximum Gasteiger partial charge on any atom is 0.233 e. The minimum absolute atomic E-state index is 0.137. The van der Waals surface area contributed by atoms with Crippen molar-refractivity contribution in [2.45, 2.75) is 31.8 Å². The van der Waals surface area contributed by atoms with E-state index < -0.39 is 0 Å². The standard InChI is InChI=1S/C17H28ClN5OS/c1-4-6-23(7-5-2)16(24)13-25-17-19-14(18)12-15(20-17)22-10-8-21(3)9-11-22/h12H,4-11,13H2,1-3H3. The lowest BCUT2D eigenvalue weighted by molar-refractivity contribution is -0.128. The van der Waals surface area contributed by atoms with Crippen LogP contribution in [0.1, 0.15) is 26.7 Å². The zero-order chi connectivity index (χ0) is 18.2. The van der Waals surface area contributed by atoms with E-state index in [1.807, 2.05) is 4.90 Å². The number of likely N-dealkylation sites (N-methyl/N-ethyl adjacent to an activating group) is 1. The van der Waals surface area contributed by atoms with Crippen molar-refractivity contribution in [2.24, 2.45) is 0 Å². The highest BCUT2D eigenvalue weighted by Gasteiger charge is 2.18. The number of hydrogen-bond donors (Lipinski definition) is 0. The highest BCUT2D eigenvalue weighted by atomic mass is 35.5. The maximum absolute atomic E-state index is 12.4. The molecule has 0 atom stereocenters. The van der Waals surface area contributed by atoms with Crippen LogP contribution in [0.25, 0.3) is 0 Å². The number of nitrogens with zero attached hydrogens (tertiary/aromatic N) is 5. The number of anilines is 1. The van der Waals surface area contributed by atoms with Gasteiger partial charge in [0.15, 0.2) is 5.16 Å². The van der Waals surface area contributed by atoms with Gasteiger partial charge < -0.3 is 14.7 Å². The molecule has 1 aromatic rings. The highest BCUT2D eigenvalue weighted by molar-refractivity contribution is 7.99. The Morgan fingerprint density at radius 2 is 1.84 bits per heavy atom. The Hall–Kier alpha value is -1.05. The lowest BCUT2D eigenvalue weighted by Gasteiger charge is -2.33. The van der Waals surface area contributed by atoms with Crippen LogP contribution in [0.4, 0.5) is 5.82 Å². The van der Waals surface area contributed by atoms with Gasteiger partial charge in [0, 0.05) is 45.3 Å². The first-order chi connectivity index (χ1) is 12.0. The van der Waals surface area contributed by atoms with E-state index in [2.05, 4.69) is 40.7 Å². The molecule has 0 saturated carbocycles. The number of halogens is 1. The van der Waals surface area contributed by atoms with E-state index in [1.54, 1.807) is 6.07 Å². The molecule has 0 radical (unpaired) electrons. The molecule has 0 N–H and O–H groups in total. The van der Waals surface area contributed by atoms with E-state index in [9.17, 15) is 4.79 Å². The first-order valence-corrected chi connectivity index (χ1v) is 10.3. The molecule has 140 valence electrons. The summed E-state index contributed by atoms with van der Waals surface area (Å²) in [5.74, 6) is 1.34. The zero-order valence-electron chi connectivity index (χ0n) is 15.4. The van der Waals surface area contributed by atoms with Gasteiger partial charge in [0.2, 0.25) is 5.91 Å². The lowest BCUT2D eigenvalue weighted by atomic mass is 10.3. The Kier molecular flexibility index (Phi) is 8.26. The quantitative estimate of drug-likeness (QED) is 0.389. The zero-order valence-corrected chi connectivity index (χ0v) is 16.9. The van der Waals surface area contributed by atoms with E-state index in [4.69, 9.17) is 11.6 Å². The Balaban J connectivity index is 1.98. The van der Waals surface area contributed by atoms with Crippen LogP contribution in [0.15, 0.2) is 11.2 Å². The van der Waals surface area contributed by atoms with Crippen molar-refractivity contribution < 1.29 is 4.79 Å². The molecule has 1 amide bonds. The van der Waals surface area contributed by atoms with Crippen molar-refractivity contribution in [2.75, 3.05) is 57.0 Å². The SMILES string of the molecule is CCCN(CCC)C(=O)CSc1nc(Cl)cc(N2CCN(C)CC2)n1. The largest absolute Gasteiger partial charge is 0.354 e. The molecule has 0 aromatic carbocycles. The van der Waals surface area contributed by atoms with Gasteiger partial charge in [-0.2, -0.15) is 0 Å². The van der Waals surface area contributed by atoms with E-state index in [0.717, 1.165) is 57.9 Å². The molecule has 1 aliphatic heterocycles. The van der Waals surface area contributed by atoms with Crippen LogP contribution >= 0.6 is 23.4 Å². The monoisotopic (exact) mass is 385 g/mol. The van der Waals surface area contributed by atoms with Gasteiger partial charge >= 0.3 is 0 Å². The van der Waals surface area contributed by atoms with E-state index >= 15 is 0 Å². The van der Waals surface area contributed by atoms with Gasteiger partial charge in [-0.15, -0.1) is 0 Å². The predicted octanol–water partition coefficient (Wildman–Crippen LogP) is 2.62. The molecule has 0 spiro atoms. The second-order valence-corrected chi connectivity index (χ2v) is 7.62. The second-order valence-electron chi connectivity index (χ2n) is 6.29. The van der Waals surface area contributed by atoms with Crippen LogP contribution in [-0.4, -0.2) is 77.7 Å². The van der Waals surface area contributed by atoms with Gasteiger partial charge in [-0.3, -0.25) is 4.79 Å². The highest BCUT2D eigenvalue weighted by Crippen LogP contribution is 2.23. The summed E-state index contributed by atoms with van der Waals surface area (Å²) in [7, 11) is 2.12. The van der Waals surface area contributed by atoms with Gasteiger partial charge in [-0.25, -0.2) is 9.97 Å². The summed E-state index contributed by atoms with van der Waals surface area (Å²) in [4.78, 5) is 27.7. The normalized spacial score (nSPS) is 15.4. The molecular formula is C17H28ClN5OS. The number of thioether (sulfide) groups is 1. The number of carbonyl (C=O) groups is 1. The summed E-state index contributed by atoms with van der Waals surface area (Å²) < 4.78 is 0. The molecular weight excluding hydrogens is 358 g/mol. The minimum atomic E-state index is 0.137. The van der Waals surface area contributed by atoms with E-state index in [0.29, 0.717) is 16.1 Å². The molecule has 1 saturated heterocycles. The average molecular weight is 386 g/mol. The van der Waals surface area contributed by atoms with Gasteiger partial charge in [-0.05, 0) is 19.9 Å². The maximum atomic E-state index is 12.4. The van der Waals surface area contributed by atoms with E-state index in [-0.39, 0.29) is 5.91 Å². The van der Waals surface area contributed by atoms with Gasteiger partial charge in [0.05, 0.1) is 5.75 Å². The van der Waals surface area contributed by atoms with Gasteiger partial charge in [0.25, 0.3) is 0 Å². The molecule has 0 bridgehead atoms. The molecule has 2 rings (SSSR count).